The average molecular weight is 456 g/mol. The third-order valence-electron chi connectivity index (χ3n) is 5.39. The number of carbonyl (C=O) groups excluding carboxylic acids is 2. The predicted octanol–water partition coefficient (Wildman–Crippen LogP) is 2.74. The number of benzene rings is 2. The highest BCUT2D eigenvalue weighted by molar-refractivity contribution is 7.71. The van der Waals surface area contributed by atoms with E-state index in [0.717, 1.165) is 11.3 Å². The number of H-pyrrole nitrogens is 1. The molecule has 32 heavy (non-hydrogen) atoms. The molecule has 0 spiro atoms. The summed E-state index contributed by atoms with van der Waals surface area (Å²) >= 11 is 5.32. The highest BCUT2D eigenvalue weighted by Crippen LogP contribution is 2.21. The number of halogens is 1. The Morgan fingerprint density at radius 1 is 1.09 bits per heavy atom. The van der Waals surface area contributed by atoms with Gasteiger partial charge in [0.1, 0.15) is 18.1 Å². The first kappa shape index (κ1) is 21.7. The van der Waals surface area contributed by atoms with Crippen LogP contribution in [0.2, 0.25) is 0 Å². The first-order chi connectivity index (χ1) is 15.5. The number of nitrogens with zero attached hydrogens (tertiary/aromatic N) is 4. The number of amides is 2. The van der Waals surface area contributed by atoms with Gasteiger partial charge in [-0.3, -0.25) is 19.3 Å². The molecule has 2 aromatic carbocycles. The van der Waals surface area contributed by atoms with E-state index in [-0.39, 0.29) is 18.4 Å². The van der Waals surface area contributed by atoms with E-state index >= 15 is 0 Å². The molecule has 1 saturated heterocycles. The highest BCUT2D eigenvalue weighted by Gasteiger charge is 2.26. The molecule has 4 rings (SSSR count). The summed E-state index contributed by atoms with van der Waals surface area (Å²) in [6, 6.07) is 12.9. The SMILES string of the molecule is COc1ccc(-c2n[nH]c(=S)n2CC(=O)N2CCN(C(=O)c3cccc(F)c3)CC2)cc1. The van der Waals surface area contributed by atoms with E-state index in [1.165, 1.54) is 18.2 Å². The van der Waals surface area contributed by atoms with Crippen LogP contribution in [0.1, 0.15) is 10.4 Å². The van der Waals surface area contributed by atoms with Crippen LogP contribution < -0.4 is 4.74 Å². The summed E-state index contributed by atoms with van der Waals surface area (Å²) in [7, 11) is 1.59. The maximum Gasteiger partial charge on any atom is 0.254 e. The van der Waals surface area contributed by atoms with Gasteiger partial charge in [-0.1, -0.05) is 6.07 Å². The van der Waals surface area contributed by atoms with Gasteiger partial charge in [0.2, 0.25) is 5.91 Å². The lowest BCUT2D eigenvalue weighted by atomic mass is 10.1. The van der Waals surface area contributed by atoms with Crippen molar-refractivity contribution in [3.8, 4) is 17.1 Å². The molecule has 0 saturated carbocycles. The standard InChI is InChI=1S/C22H22FN5O3S/c1-31-18-7-5-15(6-8-18)20-24-25-22(32)28(20)14-19(29)26-9-11-27(12-10-26)21(30)16-3-2-4-17(23)13-16/h2-8,13H,9-12,14H2,1H3,(H,25,32). The minimum absolute atomic E-state index is 0.0362. The van der Waals surface area contributed by atoms with Crippen molar-refractivity contribution < 1.29 is 18.7 Å². The fourth-order valence-electron chi connectivity index (χ4n) is 3.62. The molecule has 3 aromatic rings. The average Bonchev–Trinajstić information content (AvgIpc) is 3.18. The Hall–Kier alpha value is -3.53. The minimum atomic E-state index is -0.450. The van der Waals surface area contributed by atoms with Gasteiger partial charge in [-0.2, -0.15) is 5.10 Å². The summed E-state index contributed by atoms with van der Waals surface area (Å²) < 4.78 is 20.6. The van der Waals surface area contributed by atoms with Crippen molar-refractivity contribution in [3.05, 3.63) is 64.7 Å². The second kappa shape index (κ2) is 9.31. The second-order valence-electron chi connectivity index (χ2n) is 7.35. The molecule has 1 N–H and O–H groups in total. The first-order valence-electron chi connectivity index (χ1n) is 10.1. The van der Waals surface area contributed by atoms with Gasteiger partial charge >= 0.3 is 0 Å². The van der Waals surface area contributed by atoms with Crippen molar-refractivity contribution in [1.29, 1.82) is 0 Å². The maximum atomic E-state index is 13.4. The summed E-state index contributed by atoms with van der Waals surface area (Å²) in [4.78, 5) is 28.9. The Kier molecular flexibility index (Phi) is 6.31. The molecule has 10 heteroatoms. The number of carbonyl (C=O) groups is 2. The molecule has 8 nitrogen and oxygen atoms in total. The number of ether oxygens (including phenoxy) is 1. The number of hydrogen-bond donors (Lipinski definition) is 1. The van der Waals surface area contributed by atoms with Crippen LogP contribution in [0.5, 0.6) is 5.75 Å². The van der Waals surface area contributed by atoms with Crippen LogP contribution in [0.25, 0.3) is 11.4 Å². The van der Waals surface area contributed by atoms with Crippen LogP contribution >= 0.6 is 12.2 Å². The quantitative estimate of drug-likeness (QED) is 0.598. The molecule has 0 unspecified atom stereocenters. The summed E-state index contributed by atoms with van der Waals surface area (Å²) in [5.41, 5.74) is 1.11. The molecular formula is C22H22FN5O3S. The minimum Gasteiger partial charge on any atom is -0.497 e. The van der Waals surface area contributed by atoms with Gasteiger partial charge in [0.15, 0.2) is 10.6 Å². The van der Waals surface area contributed by atoms with E-state index in [0.29, 0.717) is 42.3 Å². The molecule has 166 valence electrons. The predicted molar refractivity (Wildman–Crippen MR) is 118 cm³/mol. The number of aromatic amines is 1. The van der Waals surface area contributed by atoms with E-state index in [1.54, 1.807) is 27.5 Å². The van der Waals surface area contributed by atoms with Crippen molar-refractivity contribution in [2.45, 2.75) is 6.54 Å². The van der Waals surface area contributed by atoms with Crippen molar-refractivity contribution in [3.63, 3.8) is 0 Å². The number of nitrogens with one attached hydrogen (secondary N) is 1. The topological polar surface area (TPSA) is 83.5 Å². The van der Waals surface area contributed by atoms with Gasteiger partial charge in [-0.05, 0) is 54.7 Å². The fourth-order valence-corrected chi connectivity index (χ4v) is 3.82. The Bertz CT molecular complexity index is 1180. The molecule has 1 fully saturated rings. The van der Waals surface area contributed by atoms with Crippen LogP contribution in [-0.2, 0) is 11.3 Å². The maximum absolute atomic E-state index is 13.4. The van der Waals surface area contributed by atoms with Crippen LogP contribution in [0.15, 0.2) is 48.5 Å². The third kappa shape index (κ3) is 4.54. The monoisotopic (exact) mass is 455 g/mol. The van der Waals surface area contributed by atoms with Crippen molar-refractivity contribution >= 4 is 24.0 Å². The first-order valence-corrected chi connectivity index (χ1v) is 10.5. The summed E-state index contributed by atoms with van der Waals surface area (Å²) in [6.45, 7) is 1.58. The zero-order valence-electron chi connectivity index (χ0n) is 17.5. The molecule has 1 aromatic heterocycles. The zero-order chi connectivity index (χ0) is 22.7. The van der Waals surface area contributed by atoms with Gasteiger partial charge in [-0.15, -0.1) is 0 Å². The van der Waals surface area contributed by atoms with Gasteiger partial charge < -0.3 is 14.5 Å². The molecule has 2 heterocycles. The molecule has 0 aliphatic carbocycles. The Morgan fingerprint density at radius 3 is 2.44 bits per heavy atom. The van der Waals surface area contributed by atoms with Gasteiger partial charge in [0.25, 0.3) is 5.91 Å². The number of aromatic nitrogens is 3. The molecule has 0 bridgehead atoms. The molecule has 2 amide bonds. The Balaban J connectivity index is 1.41. The van der Waals surface area contributed by atoms with Gasteiger partial charge in [0, 0.05) is 37.3 Å². The number of methoxy groups -OCH3 is 1. The lowest BCUT2D eigenvalue weighted by Crippen LogP contribution is -2.51. The van der Waals surface area contributed by atoms with Crippen LogP contribution in [0, 0.1) is 10.6 Å². The highest BCUT2D eigenvalue weighted by atomic mass is 32.1. The summed E-state index contributed by atoms with van der Waals surface area (Å²) in [5.74, 6) is 0.474. The lowest BCUT2D eigenvalue weighted by Gasteiger charge is -2.35. The van der Waals surface area contributed by atoms with Crippen molar-refractivity contribution in [2.75, 3.05) is 33.3 Å². The molecular weight excluding hydrogens is 433 g/mol. The number of piperazine rings is 1. The van der Waals surface area contributed by atoms with E-state index in [9.17, 15) is 14.0 Å². The number of rotatable bonds is 5. The second-order valence-corrected chi connectivity index (χ2v) is 7.74. The lowest BCUT2D eigenvalue weighted by molar-refractivity contribution is -0.133. The zero-order valence-corrected chi connectivity index (χ0v) is 18.3. The largest absolute Gasteiger partial charge is 0.497 e. The Morgan fingerprint density at radius 2 is 1.78 bits per heavy atom. The van der Waals surface area contributed by atoms with Crippen LogP contribution in [0.3, 0.4) is 0 Å². The van der Waals surface area contributed by atoms with Crippen molar-refractivity contribution in [1.82, 2.24) is 24.6 Å². The Labute approximate surface area is 189 Å². The van der Waals surface area contributed by atoms with E-state index in [1.807, 2.05) is 24.3 Å². The van der Waals surface area contributed by atoms with Crippen LogP contribution in [-0.4, -0.2) is 69.7 Å². The van der Waals surface area contributed by atoms with E-state index in [2.05, 4.69) is 10.2 Å². The molecule has 0 atom stereocenters. The molecule has 1 aliphatic rings. The summed E-state index contributed by atoms with van der Waals surface area (Å²) in [6.07, 6.45) is 0. The fraction of sp³-hybridized carbons (Fsp3) is 0.273. The third-order valence-corrected chi connectivity index (χ3v) is 5.70. The summed E-state index contributed by atoms with van der Waals surface area (Å²) in [5, 5.41) is 7.01. The smallest absolute Gasteiger partial charge is 0.254 e. The van der Waals surface area contributed by atoms with Gasteiger partial charge in [0.05, 0.1) is 7.11 Å². The van der Waals surface area contributed by atoms with E-state index in [4.69, 9.17) is 17.0 Å². The normalized spacial score (nSPS) is 13.8. The van der Waals surface area contributed by atoms with E-state index < -0.39 is 5.82 Å². The number of hydrogen-bond acceptors (Lipinski definition) is 5. The van der Waals surface area contributed by atoms with Crippen molar-refractivity contribution in [2.24, 2.45) is 0 Å². The molecule has 1 aliphatic heterocycles. The van der Waals surface area contributed by atoms with Crippen LogP contribution in [0.4, 0.5) is 4.39 Å². The molecule has 0 radical (unpaired) electrons. The van der Waals surface area contributed by atoms with Gasteiger partial charge in [-0.25, -0.2) is 4.39 Å².